The number of aromatic nitrogens is 1. The van der Waals surface area contributed by atoms with Crippen LogP contribution in [0.15, 0.2) is 24.3 Å². The van der Waals surface area contributed by atoms with Crippen LogP contribution in [0.4, 0.5) is 0 Å². The van der Waals surface area contributed by atoms with E-state index in [1.165, 1.54) is 0 Å². The summed E-state index contributed by atoms with van der Waals surface area (Å²) in [6.45, 7) is 8.27. The molecule has 0 aliphatic carbocycles. The van der Waals surface area contributed by atoms with Crippen LogP contribution in [0.25, 0.3) is 10.9 Å². The number of carbonyl (C=O) groups is 1. The molecule has 0 aliphatic heterocycles. The van der Waals surface area contributed by atoms with Gasteiger partial charge >= 0.3 is 5.97 Å². The molecule has 0 bridgehead atoms. The Morgan fingerprint density at radius 3 is 2.63 bits per heavy atom. The van der Waals surface area contributed by atoms with Gasteiger partial charge in [0.25, 0.3) is 0 Å². The molecule has 3 heteroatoms. The Bertz CT molecular complexity index is 617. The van der Waals surface area contributed by atoms with Gasteiger partial charge in [0.2, 0.25) is 0 Å². The number of fused-ring (bicyclic) bond motifs is 1. The lowest BCUT2D eigenvalue weighted by Gasteiger charge is -2.13. The summed E-state index contributed by atoms with van der Waals surface area (Å²) in [7, 11) is 0. The predicted octanol–water partition coefficient (Wildman–Crippen LogP) is 3.66. The summed E-state index contributed by atoms with van der Waals surface area (Å²) >= 11 is 0. The largest absolute Gasteiger partial charge is 0.462 e. The van der Waals surface area contributed by atoms with Gasteiger partial charge in [-0.1, -0.05) is 32.0 Å². The van der Waals surface area contributed by atoms with Gasteiger partial charge < -0.3 is 4.74 Å². The molecule has 0 saturated heterocycles. The van der Waals surface area contributed by atoms with E-state index in [-0.39, 0.29) is 5.97 Å². The predicted molar refractivity (Wildman–Crippen MR) is 76.3 cm³/mol. The number of pyridine rings is 1. The Hall–Kier alpha value is -1.90. The molecule has 1 aromatic heterocycles. The second kappa shape index (κ2) is 5.39. The summed E-state index contributed by atoms with van der Waals surface area (Å²) in [5.41, 5.74) is 3.18. The fourth-order valence-corrected chi connectivity index (χ4v) is 2.15. The second-order valence-corrected chi connectivity index (χ2v) is 5.21. The van der Waals surface area contributed by atoms with E-state index < -0.39 is 0 Å². The smallest absolute Gasteiger partial charge is 0.340 e. The highest BCUT2D eigenvalue weighted by molar-refractivity contribution is 5.98. The molecular weight excluding hydrogens is 238 g/mol. The van der Waals surface area contributed by atoms with Crippen molar-refractivity contribution in [1.29, 1.82) is 0 Å². The number of nitrogens with zero attached hydrogens (tertiary/aromatic N) is 1. The Balaban J connectivity index is 2.45. The van der Waals surface area contributed by atoms with Crippen LogP contribution in [-0.4, -0.2) is 17.6 Å². The number of esters is 1. The molecule has 0 atom stereocenters. The molecule has 1 aromatic carbocycles. The molecule has 0 aliphatic rings. The van der Waals surface area contributed by atoms with E-state index in [2.05, 4.69) is 4.98 Å². The molecule has 0 spiro atoms. The normalized spacial score (nSPS) is 11.0. The van der Waals surface area contributed by atoms with Crippen LogP contribution in [0, 0.1) is 19.8 Å². The summed E-state index contributed by atoms with van der Waals surface area (Å²) in [5.74, 6) is 0.0555. The summed E-state index contributed by atoms with van der Waals surface area (Å²) in [6.07, 6.45) is 0. The minimum Gasteiger partial charge on any atom is -0.462 e. The highest BCUT2D eigenvalue weighted by atomic mass is 16.5. The molecular formula is C16H19NO2. The fourth-order valence-electron chi connectivity index (χ4n) is 2.15. The van der Waals surface area contributed by atoms with Crippen LogP contribution >= 0.6 is 0 Å². The molecule has 0 radical (unpaired) electrons. The molecule has 0 unspecified atom stereocenters. The van der Waals surface area contributed by atoms with E-state index in [1.54, 1.807) is 0 Å². The third-order valence-corrected chi connectivity index (χ3v) is 3.08. The lowest BCUT2D eigenvalue weighted by Crippen LogP contribution is -2.14. The van der Waals surface area contributed by atoms with E-state index in [0.717, 1.165) is 22.2 Å². The van der Waals surface area contributed by atoms with Gasteiger partial charge in [-0.05, 0) is 31.4 Å². The Kier molecular flexibility index (Phi) is 3.84. The first-order chi connectivity index (χ1) is 9.00. The van der Waals surface area contributed by atoms with Crippen LogP contribution in [-0.2, 0) is 4.74 Å². The van der Waals surface area contributed by atoms with Crippen molar-refractivity contribution in [2.45, 2.75) is 27.7 Å². The van der Waals surface area contributed by atoms with Crippen molar-refractivity contribution in [3.05, 3.63) is 41.1 Å². The van der Waals surface area contributed by atoms with Gasteiger partial charge in [-0.2, -0.15) is 0 Å². The number of hydrogen-bond donors (Lipinski definition) is 0. The zero-order valence-electron chi connectivity index (χ0n) is 11.9. The van der Waals surface area contributed by atoms with Crippen molar-refractivity contribution >= 4 is 16.9 Å². The maximum absolute atomic E-state index is 12.2. The van der Waals surface area contributed by atoms with Gasteiger partial charge in [-0.25, -0.2) is 4.79 Å². The van der Waals surface area contributed by atoms with Gasteiger partial charge in [-0.3, -0.25) is 4.98 Å². The lowest BCUT2D eigenvalue weighted by atomic mass is 10.0. The summed E-state index contributed by atoms with van der Waals surface area (Å²) in [4.78, 5) is 16.7. The highest BCUT2D eigenvalue weighted by Crippen LogP contribution is 2.23. The zero-order chi connectivity index (χ0) is 14.0. The summed E-state index contributed by atoms with van der Waals surface area (Å²) in [5, 5.41) is 1.00. The van der Waals surface area contributed by atoms with Crippen molar-refractivity contribution < 1.29 is 9.53 Å². The minimum atomic E-state index is -0.276. The number of rotatable bonds is 3. The molecule has 0 fully saturated rings. The van der Waals surface area contributed by atoms with Crippen LogP contribution in [0.2, 0.25) is 0 Å². The summed E-state index contributed by atoms with van der Waals surface area (Å²) in [6, 6.07) is 7.84. The summed E-state index contributed by atoms with van der Waals surface area (Å²) < 4.78 is 5.32. The van der Waals surface area contributed by atoms with Crippen molar-refractivity contribution in [2.75, 3.05) is 6.61 Å². The molecule has 0 saturated carbocycles. The van der Waals surface area contributed by atoms with Gasteiger partial charge in [-0.15, -0.1) is 0 Å². The quantitative estimate of drug-likeness (QED) is 0.788. The molecule has 2 aromatic rings. The standard InChI is InChI=1S/C16H19NO2/c1-10(2)9-19-16(18)15-11(3)13-7-5-6-8-14(13)17-12(15)4/h5-8,10H,9H2,1-4H3. The van der Waals surface area contributed by atoms with Gasteiger partial charge in [0, 0.05) is 5.39 Å². The average molecular weight is 257 g/mol. The number of carbonyl (C=O) groups excluding carboxylic acids is 1. The Morgan fingerprint density at radius 2 is 1.95 bits per heavy atom. The first kappa shape index (κ1) is 13.5. The van der Waals surface area contributed by atoms with E-state index in [1.807, 2.05) is 52.0 Å². The van der Waals surface area contributed by atoms with E-state index in [9.17, 15) is 4.79 Å². The SMILES string of the molecule is Cc1nc2ccccc2c(C)c1C(=O)OCC(C)C. The first-order valence-corrected chi connectivity index (χ1v) is 6.53. The van der Waals surface area contributed by atoms with E-state index in [4.69, 9.17) is 4.74 Å². The van der Waals surface area contributed by atoms with Crippen LogP contribution in [0.3, 0.4) is 0 Å². The third-order valence-electron chi connectivity index (χ3n) is 3.08. The average Bonchev–Trinajstić information content (AvgIpc) is 2.36. The molecule has 0 N–H and O–H groups in total. The van der Waals surface area contributed by atoms with E-state index in [0.29, 0.717) is 18.1 Å². The van der Waals surface area contributed by atoms with Crippen molar-refractivity contribution in [2.24, 2.45) is 5.92 Å². The molecule has 100 valence electrons. The molecule has 2 rings (SSSR count). The first-order valence-electron chi connectivity index (χ1n) is 6.53. The Labute approximate surface area is 113 Å². The van der Waals surface area contributed by atoms with Gasteiger partial charge in [0.05, 0.1) is 23.4 Å². The van der Waals surface area contributed by atoms with Gasteiger partial charge in [0.15, 0.2) is 0 Å². The fraction of sp³-hybridized carbons (Fsp3) is 0.375. The zero-order valence-corrected chi connectivity index (χ0v) is 11.9. The number of aryl methyl sites for hydroxylation is 2. The van der Waals surface area contributed by atoms with Crippen LogP contribution in [0.5, 0.6) is 0 Å². The number of hydrogen-bond acceptors (Lipinski definition) is 3. The maximum Gasteiger partial charge on any atom is 0.340 e. The van der Waals surface area contributed by atoms with Gasteiger partial charge in [0.1, 0.15) is 0 Å². The third kappa shape index (κ3) is 2.75. The highest BCUT2D eigenvalue weighted by Gasteiger charge is 2.17. The van der Waals surface area contributed by atoms with E-state index >= 15 is 0 Å². The van der Waals surface area contributed by atoms with Crippen LogP contribution in [0.1, 0.15) is 35.5 Å². The topological polar surface area (TPSA) is 39.2 Å². The second-order valence-electron chi connectivity index (χ2n) is 5.21. The van der Waals surface area contributed by atoms with Crippen molar-refractivity contribution in [3.8, 4) is 0 Å². The molecule has 19 heavy (non-hydrogen) atoms. The monoisotopic (exact) mass is 257 g/mol. The minimum absolute atomic E-state index is 0.276. The molecule has 0 amide bonds. The number of benzene rings is 1. The number of para-hydroxylation sites is 1. The number of ether oxygens (including phenoxy) is 1. The van der Waals surface area contributed by atoms with Crippen LogP contribution < -0.4 is 0 Å². The van der Waals surface area contributed by atoms with Crippen molar-refractivity contribution in [3.63, 3.8) is 0 Å². The lowest BCUT2D eigenvalue weighted by molar-refractivity contribution is 0.0457. The maximum atomic E-state index is 12.2. The molecule has 3 nitrogen and oxygen atoms in total. The Morgan fingerprint density at radius 1 is 1.26 bits per heavy atom. The van der Waals surface area contributed by atoms with Crippen molar-refractivity contribution in [1.82, 2.24) is 4.98 Å². The molecule has 1 heterocycles.